The Hall–Kier alpha value is -1.58. The summed E-state index contributed by atoms with van der Waals surface area (Å²) in [5, 5.41) is 12.1. The number of hydrogen-bond acceptors (Lipinski definition) is 2. The third-order valence-electron chi connectivity index (χ3n) is 4.26. The summed E-state index contributed by atoms with van der Waals surface area (Å²) in [6.07, 6.45) is 3.34. The molecular formula is C15H20FNO2. The van der Waals surface area contributed by atoms with Crippen molar-refractivity contribution in [3.05, 3.63) is 29.6 Å². The van der Waals surface area contributed by atoms with Gasteiger partial charge in [0.25, 0.3) is 0 Å². The molecule has 0 radical (unpaired) electrons. The summed E-state index contributed by atoms with van der Waals surface area (Å²) in [6, 6.07) is 4.09. The first kappa shape index (κ1) is 13.8. The molecule has 0 bridgehead atoms. The molecule has 19 heavy (non-hydrogen) atoms. The fraction of sp³-hybridized carbons (Fsp3) is 0.533. The number of benzene rings is 1. The predicted octanol–water partition coefficient (Wildman–Crippen LogP) is 3.76. The SMILES string of the molecule is CC1CCCC(Nc2cc(C(=O)O)ccc2F)C1C. The minimum absolute atomic E-state index is 0.111. The number of rotatable bonds is 3. The maximum Gasteiger partial charge on any atom is 0.335 e. The monoisotopic (exact) mass is 265 g/mol. The predicted molar refractivity (Wildman–Crippen MR) is 72.9 cm³/mol. The third kappa shape index (κ3) is 3.06. The Kier molecular flexibility index (Phi) is 4.08. The summed E-state index contributed by atoms with van der Waals surface area (Å²) in [5.41, 5.74) is 0.409. The van der Waals surface area contributed by atoms with E-state index < -0.39 is 11.8 Å². The quantitative estimate of drug-likeness (QED) is 0.874. The second-order valence-corrected chi connectivity index (χ2v) is 5.52. The van der Waals surface area contributed by atoms with Gasteiger partial charge >= 0.3 is 5.97 Å². The van der Waals surface area contributed by atoms with Gasteiger partial charge in [-0.2, -0.15) is 0 Å². The van der Waals surface area contributed by atoms with Crippen molar-refractivity contribution in [2.75, 3.05) is 5.32 Å². The van der Waals surface area contributed by atoms with Crippen molar-refractivity contribution >= 4 is 11.7 Å². The number of halogens is 1. The molecule has 1 saturated carbocycles. The molecule has 3 unspecified atom stereocenters. The molecule has 0 heterocycles. The molecule has 0 saturated heterocycles. The second kappa shape index (κ2) is 5.59. The highest BCUT2D eigenvalue weighted by atomic mass is 19.1. The lowest BCUT2D eigenvalue weighted by Crippen LogP contribution is -2.35. The van der Waals surface area contributed by atoms with E-state index in [1.807, 2.05) is 0 Å². The molecule has 3 atom stereocenters. The minimum atomic E-state index is -1.03. The smallest absolute Gasteiger partial charge is 0.335 e. The molecule has 2 N–H and O–H groups in total. The van der Waals surface area contributed by atoms with Gasteiger partial charge in [-0.05, 0) is 36.5 Å². The molecular weight excluding hydrogens is 245 g/mol. The molecule has 4 heteroatoms. The fourth-order valence-electron chi connectivity index (χ4n) is 2.75. The number of nitrogens with one attached hydrogen (secondary N) is 1. The molecule has 0 aromatic heterocycles. The lowest BCUT2D eigenvalue weighted by atomic mass is 9.78. The van der Waals surface area contributed by atoms with Crippen LogP contribution in [0.15, 0.2) is 18.2 Å². The van der Waals surface area contributed by atoms with Gasteiger partial charge in [0.2, 0.25) is 0 Å². The van der Waals surface area contributed by atoms with Gasteiger partial charge in [-0.15, -0.1) is 0 Å². The van der Waals surface area contributed by atoms with Gasteiger partial charge in [0.1, 0.15) is 5.82 Å². The summed E-state index contributed by atoms with van der Waals surface area (Å²) in [4.78, 5) is 10.9. The van der Waals surface area contributed by atoms with E-state index in [0.717, 1.165) is 12.8 Å². The van der Waals surface area contributed by atoms with E-state index >= 15 is 0 Å². The molecule has 0 aliphatic heterocycles. The van der Waals surface area contributed by atoms with Crippen LogP contribution >= 0.6 is 0 Å². The van der Waals surface area contributed by atoms with Gasteiger partial charge in [-0.25, -0.2) is 9.18 Å². The van der Waals surface area contributed by atoms with E-state index in [0.29, 0.717) is 17.5 Å². The number of hydrogen-bond donors (Lipinski definition) is 2. The molecule has 1 aliphatic carbocycles. The molecule has 104 valence electrons. The van der Waals surface area contributed by atoms with Crippen LogP contribution in [0.2, 0.25) is 0 Å². The van der Waals surface area contributed by atoms with Gasteiger partial charge < -0.3 is 10.4 Å². The summed E-state index contributed by atoms with van der Waals surface area (Å²) in [6.45, 7) is 4.38. The van der Waals surface area contributed by atoms with Crippen LogP contribution in [0.5, 0.6) is 0 Å². The zero-order chi connectivity index (χ0) is 14.0. The summed E-state index contributed by atoms with van der Waals surface area (Å²) in [5.74, 6) is -0.359. The van der Waals surface area contributed by atoms with Crippen molar-refractivity contribution in [2.24, 2.45) is 11.8 Å². The third-order valence-corrected chi connectivity index (χ3v) is 4.26. The van der Waals surface area contributed by atoms with Crippen LogP contribution in [-0.2, 0) is 0 Å². The first-order valence-corrected chi connectivity index (χ1v) is 6.78. The van der Waals surface area contributed by atoms with E-state index in [2.05, 4.69) is 19.2 Å². The normalized spacial score (nSPS) is 27.0. The molecule has 1 aromatic rings. The summed E-state index contributed by atoms with van der Waals surface area (Å²) in [7, 11) is 0. The highest BCUT2D eigenvalue weighted by Gasteiger charge is 2.27. The van der Waals surface area contributed by atoms with Gasteiger partial charge in [0.05, 0.1) is 11.3 Å². The van der Waals surface area contributed by atoms with Gasteiger partial charge in [0, 0.05) is 6.04 Å². The zero-order valence-electron chi connectivity index (χ0n) is 11.3. The van der Waals surface area contributed by atoms with Gasteiger partial charge in [-0.3, -0.25) is 0 Å². The molecule has 3 nitrogen and oxygen atoms in total. The van der Waals surface area contributed by atoms with Crippen LogP contribution < -0.4 is 5.32 Å². The Labute approximate surface area is 112 Å². The second-order valence-electron chi connectivity index (χ2n) is 5.52. The number of aromatic carboxylic acids is 1. The first-order valence-electron chi connectivity index (χ1n) is 6.78. The van der Waals surface area contributed by atoms with Gasteiger partial charge in [0.15, 0.2) is 0 Å². The highest BCUT2D eigenvalue weighted by molar-refractivity contribution is 5.88. The molecule has 0 spiro atoms. The Balaban J connectivity index is 2.18. The molecule has 2 rings (SSSR count). The lowest BCUT2D eigenvalue weighted by molar-refractivity contribution is 0.0697. The maximum absolute atomic E-state index is 13.8. The van der Waals surface area contributed by atoms with E-state index in [-0.39, 0.29) is 11.6 Å². The summed E-state index contributed by atoms with van der Waals surface area (Å²) >= 11 is 0. The van der Waals surface area contributed by atoms with E-state index in [1.54, 1.807) is 0 Å². The van der Waals surface area contributed by atoms with Crippen LogP contribution in [0, 0.1) is 17.7 Å². The zero-order valence-corrected chi connectivity index (χ0v) is 11.3. The van der Waals surface area contributed by atoms with Crippen LogP contribution in [0.25, 0.3) is 0 Å². The van der Waals surface area contributed by atoms with Crippen LogP contribution in [0.1, 0.15) is 43.5 Å². The Morgan fingerprint density at radius 3 is 2.79 bits per heavy atom. The van der Waals surface area contributed by atoms with Crippen LogP contribution in [0.4, 0.5) is 10.1 Å². The van der Waals surface area contributed by atoms with Gasteiger partial charge in [-0.1, -0.05) is 26.7 Å². The Morgan fingerprint density at radius 1 is 1.37 bits per heavy atom. The van der Waals surface area contributed by atoms with Crippen molar-refractivity contribution in [3.8, 4) is 0 Å². The minimum Gasteiger partial charge on any atom is -0.478 e. The van der Waals surface area contributed by atoms with E-state index in [4.69, 9.17) is 5.11 Å². The average Bonchev–Trinajstić information content (AvgIpc) is 2.37. The number of anilines is 1. The average molecular weight is 265 g/mol. The molecule has 1 fully saturated rings. The number of carbonyl (C=O) groups is 1. The Morgan fingerprint density at radius 2 is 2.11 bits per heavy atom. The molecule has 1 aromatic carbocycles. The van der Waals surface area contributed by atoms with Crippen molar-refractivity contribution in [1.82, 2.24) is 0 Å². The maximum atomic E-state index is 13.8. The van der Waals surface area contributed by atoms with E-state index in [1.165, 1.54) is 24.6 Å². The van der Waals surface area contributed by atoms with Crippen molar-refractivity contribution in [2.45, 2.75) is 39.2 Å². The molecule has 0 amide bonds. The van der Waals surface area contributed by atoms with E-state index in [9.17, 15) is 9.18 Å². The van der Waals surface area contributed by atoms with Crippen molar-refractivity contribution in [3.63, 3.8) is 0 Å². The number of carboxylic acids is 1. The Bertz CT molecular complexity index is 475. The number of carboxylic acid groups (broad SMARTS) is 1. The summed E-state index contributed by atoms with van der Waals surface area (Å²) < 4.78 is 13.8. The first-order chi connectivity index (χ1) is 8.99. The topological polar surface area (TPSA) is 49.3 Å². The fourth-order valence-corrected chi connectivity index (χ4v) is 2.75. The van der Waals surface area contributed by atoms with Crippen molar-refractivity contribution < 1.29 is 14.3 Å². The van der Waals surface area contributed by atoms with Crippen molar-refractivity contribution in [1.29, 1.82) is 0 Å². The van der Waals surface area contributed by atoms with Crippen LogP contribution in [-0.4, -0.2) is 17.1 Å². The molecule has 1 aliphatic rings. The highest BCUT2D eigenvalue weighted by Crippen LogP contribution is 2.32. The van der Waals surface area contributed by atoms with Crippen LogP contribution in [0.3, 0.4) is 0 Å². The lowest BCUT2D eigenvalue weighted by Gasteiger charge is -2.35. The largest absolute Gasteiger partial charge is 0.478 e. The standard InChI is InChI=1S/C15H20FNO2/c1-9-4-3-5-13(10(9)2)17-14-8-11(15(18)19)6-7-12(14)16/h6-10,13,17H,3-5H2,1-2H3,(H,18,19).